The third kappa shape index (κ3) is 2.53. The molecule has 0 unspecified atom stereocenters. The van der Waals surface area contributed by atoms with Gasteiger partial charge in [-0.15, -0.1) is 0 Å². The Balaban J connectivity index is 2.08. The standard InChI is InChI=1S/C12H12FN3O/c13-11-4-3-10(7-9(11)8-14)15-12(17)16-5-1-2-6-16/h3-4,7H,1-2,5-6H2,(H,15,17). The zero-order valence-electron chi connectivity index (χ0n) is 9.24. The zero-order valence-corrected chi connectivity index (χ0v) is 9.24. The minimum absolute atomic E-state index is 0.0655. The number of carbonyl (C=O) groups is 1. The van der Waals surface area contributed by atoms with Crippen LogP contribution in [0.15, 0.2) is 18.2 Å². The number of hydrogen-bond acceptors (Lipinski definition) is 2. The summed E-state index contributed by atoms with van der Waals surface area (Å²) in [5, 5.41) is 11.3. The average molecular weight is 233 g/mol. The molecule has 0 spiro atoms. The van der Waals surface area contributed by atoms with Gasteiger partial charge in [-0.3, -0.25) is 0 Å². The summed E-state index contributed by atoms with van der Waals surface area (Å²) in [5.74, 6) is -0.577. The monoisotopic (exact) mass is 233 g/mol. The largest absolute Gasteiger partial charge is 0.325 e. The SMILES string of the molecule is N#Cc1cc(NC(=O)N2CCCC2)ccc1F. The number of nitrogens with zero attached hydrogens (tertiary/aromatic N) is 2. The predicted octanol–water partition coefficient (Wildman–Crippen LogP) is 2.33. The fraction of sp³-hybridized carbons (Fsp3) is 0.333. The summed E-state index contributed by atoms with van der Waals surface area (Å²) >= 11 is 0. The molecule has 0 bridgehead atoms. The fourth-order valence-corrected chi connectivity index (χ4v) is 1.81. The highest BCUT2D eigenvalue weighted by atomic mass is 19.1. The Kier molecular flexibility index (Phi) is 3.24. The molecule has 0 aromatic heterocycles. The lowest BCUT2D eigenvalue weighted by Gasteiger charge is -2.16. The molecule has 1 fully saturated rings. The summed E-state index contributed by atoms with van der Waals surface area (Å²) in [7, 11) is 0. The number of urea groups is 1. The van der Waals surface area contributed by atoms with Crippen molar-refractivity contribution >= 4 is 11.7 Å². The second kappa shape index (κ2) is 4.83. The molecule has 1 N–H and O–H groups in total. The quantitative estimate of drug-likeness (QED) is 0.809. The van der Waals surface area contributed by atoms with Crippen LogP contribution < -0.4 is 5.32 Å². The van der Waals surface area contributed by atoms with Crippen LogP contribution in [0.2, 0.25) is 0 Å². The van der Waals surface area contributed by atoms with E-state index in [0.29, 0.717) is 5.69 Å². The van der Waals surface area contributed by atoms with Gasteiger partial charge in [-0.1, -0.05) is 0 Å². The maximum absolute atomic E-state index is 13.1. The molecule has 5 heteroatoms. The number of hydrogen-bond donors (Lipinski definition) is 1. The highest BCUT2D eigenvalue weighted by Crippen LogP contribution is 2.15. The first kappa shape index (κ1) is 11.4. The summed E-state index contributed by atoms with van der Waals surface area (Å²) in [6.45, 7) is 1.50. The lowest BCUT2D eigenvalue weighted by Crippen LogP contribution is -2.32. The van der Waals surface area contributed by atoms with Crippen LogP contribution in [0.5, 0.6) is 0 Å². The number of benzene rings is 1. The first-order chi connectivity index (χ1) is 8.20. The van der Waals surface area contributed by atoms with Gasteiger partial charge in [-0.2, -0.15) is 5.26 Å². The number of anilines is 1. The van der Waals surface area contributed by atoms with Gasteiger partial charge in [0.1, 0.15) is 11.9 Å². The summed E-state index contributed by atoms with van der Waals surface area (Å²) in [6.07, 6.45) is 2.03. The smallest absolute Gasteiger partial charge is 0.321 e. The number of halogens is 1. The van der Waals surface area contributed by atoms with Gasteiger partial charge in [-0.25, -0.2) is 9.18 Å². The van der Waals surface area contributed by atoms with Crippen LogP contribution in [-0.4, -0.2) is 24.0 Å². The maximum Gasteiger partial charge on any atom is 0.321 e. The van der Waals surface area contributed by atoms with Crippen LogP contribution >= 0.6 is 0 Å². The van der Waals surface area contributed by atoms with Crippen molar-refractivity contribution in [2.45, 2.75) is 12.8 Å². The van der Waals surface area contributed by atoms with Crippen LogP contribution in [0.1, 0.15) is 18.4 Å². The van der Waals surface area contributed by atoms with Crippen molar-refractivity contribution in [2.24, 2.45) is 0 Å². The Hall–Kier alpha value is -2.09. The minimum Gasteiger partial charge on any atom is -0.325 e. The van der Waals surface area contributed by atoms with Gasteiger partial charge in [0.05, 0.1) is 5.56 Å². The van der Waals surface area contributed by atoms with Crippen LogP contribution in [0, 0.1) is 17.1 Å². The summed E-state index contributed by atoms with van der Waals surface area (Å²) in [5.41, 5.74) is 0.379. The van der Waals surface area contributed by atoms with E-state index < -0.39 is 5.82 Å². The highest BCUT2D eigenvalue weighted by Gasteiger charge is 2.17. The van der Waals surface area contributed by atoms with Gasteiger partial charge < -0.3 is 10.2 Å². The lowest BCUT2D eigenvalue weighted by molar-refractivity contribution is 0.222. The number of nitriles is 1. The molecule has 88 valence electrons. The van der Waals surface area contributed by atoms with Crippen LogP contribution in [0.3, 0.4) is 0 Å². The van der Waals surface area contributed by atoms with Crippen molar-refractivity contribution in [2.75, 3.05) is 18.4 Å². The van der Waals surface area contributed by atoms with Gasteiger partial charge in [0.25, 0.3) is 0 Å². The van der Waals surface area contributed by atoms with E-state index in [9.17, 15) is 9.18 Å². The van der Waals surface area contributed by atoms with Gasteiger partial charge in [0.2, 0.25) is 0 Å². The van der Waals surface area contributed by atoms with Crippen molar-refractivity contribution in [3.8, 4) is 6.07 Å². The molecule has 1 heterocycles. The normalized spacial score (nSPS) is 14.5. The van der Waals surface area contributed by atoms with E-state index in [1.54, 1.807) is 11.0 Å². The van der Waals surface area contributed by atoms with Crippen LogP contribution in [-0.2, 0) is 0 Å². The van der Waals surface area contributed by atoms with E-state index in [2.05, 4.69) is 5.32 Å². The summed E-state index contributed by atoms with van der Waals surface area (Å²) in [6, 6.07) is 5.51. The Bertz CT molecular complexity index is 475. The van der Waals surface area contributed by atoms with Crippen molar-refractivity contribution in [1.82, 2.24) is 4.90 Å². The van der Waals surface area contributed by atoms with Crippen LogP contribution in [0.4, 0.5) is 14.9 Å². The number of amides is 2. The predicted molar refractivity (Wildman–Crippen MR) is 60.9 cm³/mol. The van der Waals surface area contributed by atoms with E-state index >= 15 is 0 Å². The van der Waals surface area contributed by atoms with Crippen molar-refractivity contribution in [3.63, 3.8) is 0 Å². The minimum atomic E-state index is -0.577. The molecule has 1 saturated heterocycles. The molecule has 2 amide bonds. The molecule has 1 aromatic rings. The fourth-order valence-electron chi connectivity index (χ4n) is 1.81. The van der Waals surface area contributed by atoms with E-state index in [0.717, 1.165) is 25.9 Å². The molecular weight excluding hydrogens is 221 g/mol. The number of nitrogens with one attached hydrogen (secondary N) is 1. The number of rotatable bonds is 1. The molecule has 1 aliphatic heterocycles. The molecule has 0 radical (unpaired) electrons. The van der Waals surface area contributed by atoms with E-state index in [-0.39, 0.29) is 11.6 Å². The highest BCUT2D eigenvalue weighted by molar-refractivity contribution is 5.89. The van der Waals surface area contributed by atoms with E-state index in [4.69, 9.17) is 5.26 Å². The second-order valence-corrected chi connectivity index (χ2v) is 3.93. The van der Waals surface area contributed by atoms with Gasteiger partial charge in [0, 0.05) is 18.8 Å². The molecule has 2 rings (SSSR count). The first-order valence-electron chi connectivity index (χ1n) is 5.46. The van der Waals surface area contributed by atoms with Crippen molar-refractivity contribution in [3.05, 3.63) is 29.6 Å². The van der Waals surface area contributed by atoms with Crippen molar-refractivity contribution < 1.29 is 9.18 Å². The molecule has 1 aromatic carbocycles. The molecule has 17 heavy (non-hydrogen) atoms. The Morgan fingerprint density at radius 2 is 2.12 bits per heavy atom. The Morgan fingerprint density at radius 1 is 1.41 bits per heavy atom. The van der Waals surface area contributed by atoms with Gasteiger partial charge >= 0.3 is 6.03 Å². The second-order valence-electron chi connectivity index (χ2n) is 3.93. The molecule has 4 nitrogen and oxygen atoms in total. The molecule has 1 aliphatic rings. The third-order valence-electron chi connectivity index (χ3n) is 2.73. The van der Waals surface area contributed by atoms with Gasteiger partial charge in [0.15, 0.2) is 0 Å². The average Bonchev–Trinajstić information content (AvgIpc) is 2.85. The molecule has 0 aliphatic carbocycles. The van der Waals surface area contributed by atoms with Gasteiger partial charge in [-0.05, 0) is 31.0 Å². The Labute approximate surface area is 98.6 Å². The Morgan fingerprint density at radius 3 is 2.76 bits per heavy atom. The molecule has 0 saturated carbocycles. The van der Waals surface area contributed by atoms with E-state index in [1.807, 2.05) is 0 Å². The molecular formula is C12H12FN3O. The molecule has 0 atom stereocenters. The maximum atomic E-state index is 13.1. The number of likely N-dealkylation sites (tertiary alicyclic amines) is 1. The van der Waals surface area contributed by atoms with Crippen LogP contribution in [0.25, 0.3) is 0 Å². The first-order valence-corrected chi connectivity index (χ1v) is 5.46. The third-order valence-corrected chi connectivity index (χ3v) is 2.73. The lowest BCUT2D eigenvalue weighted by atomic mass is 10.2. The van der Waals surface area contributed by atoms with E-state index in [1.165, 1.54) is 18.2 Å². The van der Waals surface area contributed by atoms with Crippen molar-refractivity contribution in [1.29, 1.82) is 5.26 Å². The number of carbonyl (C=O) groups excluding carboxylic acids is 1. The zero-order chi connectivity index (χ0) is 12.3. The summed E-state index contributed by atoms with van der Waals surface area (Å²) in [4.78, 5) is 13.4. The topological polar surface area (TPSA) is 56.1 Å². The summed E-state index contributed by atoms with van der Waals surface area (Å²) < 4.78 is 13.1.